The SMILES string of the molecule is CC1(C)CCC(C)(C)c2cc(-c3csc(N4CCC(N(CCO)CCCCCO)CC4)n3)ccc21. The van der Waals surface area contributed by atoms with Crippen LogP contribution in [0, 0.1) is 0 Å². The highest BCUT2D eigenvalue weighted by molar-refractivity contribution is 7.14. The van der Waals surface area contributed by atoms with Gasteiger partial charge in [-0.1, -0.05) is 39.8 Å². The second-order valence-corrected chi connectivity index (χ2v) is 12.6. The lowest BCUT2D eigenvalue weighted by atomic mass is 9.63. The minimum atomic E-state index is 0.208. The van der Waals surface area contributed by atoms with Crippen LogP contribution in [-0.4, -0.2) is 65.5 Å². The van der Waals surface area contributed by atoms with Gasteiger partial charge < -0.3 is 15.1 Å². The van der Waals surface area contributed by atoms with Crippen molar-refractivity contribution >= 4 is 16.5 Å². The smallest absolute Gasteiger partial charge is 0.185 e. The Kier molecular flexibility index (Phi) is 8.57. The number of benzene rings is 1. The van der Waals surface area contributed by atoms with Crippen molar-refractivity contribution in [2.75, 3.05) is 44.3 Å². The molecule has 0 unspecified atom stereocenters. The van der Waals surface area contributed by atoms with E-state index in [9.17, 15) is 5.11 Å². The molecule has 0 radical (unpaired) electrons. The van der Waals surface area contributed by atoms with Crippen molar-refractivity contribution in [3.63, 3.8) is 0 Å². The maximum atomic E-state index is 9.55. The van der Waals surface area contributed by atoms with Gasteiger partial charge in [-0.05, 0) is 79.5 Å². The molecule has 0 bridgehead atoms. The molecule has 1 aromatic carbocycles. The van der Waals surface area contributed by atoms with Crippen LogP contribution in [0.2, 0.25) is 0 Å². The van der Waals surface area contributed by atoms with Gasteiger partial charge in [-0.25, -0.2) is 4.98 Å². The Morgan fingerprint density at radius 2 is 1.66 bits per heavy atom. The summed E-state index contributed by atoms with van der Waals surface area (Å²) >= 11 is 1.76. The first-order valence-electron chi connectivity index (χ1n) is 13.6. The van der Waals surface area contributed by atoms with E-state index in [1.807, 2.05) is 0 Å². The van der Waals surface area contributed by atoms with Gasteiger partial charge in [0.05, 0.1) is 12.3 Å². The second kappa shape index (κ2) is 11.3. The lowest BCUT2D eigenvalue weighted by Crippen LogP contribution is -2.46. The average molecular weight is 500 g/mol. The van der Waals surface area contributed by atoms with Gasteiger partial charge in [0, 0.05) is 43.2 Å². The Labute approximate surface area is 216 Å². The van der Waals surface area contributed by atoms with Crippen LogP contribution < -0.4 is 4.90 Å². The Morgan fingerprint density at radius 3 is 2.34 bits per heavy atom. The summed E-state index contributed by atoms with van der Waals surface area (Å²) in [6.45, 7) is 13.8. The number of hydrogen-bond acceptors (Lipinski definition) is 6. The van der Waals surface area contributed by atoms with E-state index < -0.39 is 0 Å². The number of fused-ring (bicyclic) bond motifs is 1. The maximum absolute atomic E-state index is 9.55. The summed E-state index contributed by atoms with van der Waals surface area (Å²) in [6, 6.07) is 7.56. The molecule has 0 spiro atoms. The molecule has 2 aromatic rings. The van der Waals surface area contributed by atoms with Gasteiger partial charge in [-0.3, -0.25) is 4.90 Å². The summed E-state index contributed by atoms with van der Waals surface area (Å²) in [6.07, 6.45) is 7.69. The summed E-state index contributed by atoms with van der Waals surface area (Å²) in [7, 11) is 0. The van der Waals surface area contributed by atoms with Crippen LogP contribution in [-0.2, 0) is 10.8 Å². The van der Waals surface area contributed by atoms with E-state index in [0.717, 1.165) is 69.1 Å². The van der Waals surface area contributed by atoms with Crippen molar-refractivity contribution in [1.29, 1.82) is 0 Å². The molecule has 1 aliphatic carbocycles. The first-order chi connectivity index (χ1) is 16.7. The number of aromatic nitrogens is 1. The number of piperidine rings is 1. The standard InChI is InChI=1S/C29H45N3O2S/c1-28(2)12-13-29(3,4)25-20-22(8-9-24(25)28)26-21-35-27(30-26)32-15-10-23(11-16-32)31(17-19-34)14-6-5-7-18-33/h8-9,20-21,23,33-34H,5-7,10-19H2,1-4H3. The molecule has 4 rings (SSSR count). The van der Waals surface area contributed by atoms with Crippen LogP contribution in [0.15, 0.2) is 23.6 Å². The predicted octanol–water partition coefficient (Wildman–Crippen LogP) is 5.58. The van der Waals surface area contributed by atoms with E-state index in [-0.39, 0.29) is 24.0 Å². The van der Waals surface area contributed by atoms with E-state index in [2.05, 4.69) is 61.1 Å². The van der Waals surface area contributed by atoms with Crippen molar-refractivity contribution in [3.05, 3.63) is 34.7 Å². The van der Waals surface area contributed by atoms with Crippen molar-refractivity contribution in [1.82, 2.24) is 9.88 Å². The molecule has 0 amide bonds. The number of rotatable bonds is 10. The maximum Gasteiger partial charge on any atom is 0.185 e. The van der Waals surface area contributed by atoms with E-state index in [1.165, 1.54) is 29.5 Å². The molecule has 0 saturated carbocycles. The lowest BCUT2D eigenvalue weighted by molar-refractivity contribution is 0.129. The fourth-order valence-electron chi connectivity index (χ4n) is 5.92. The van der Waals surface area contributed by atoms with E-state index in [4.69, 9.17) is 10.1 Å². The number of anilines is 1. The van der Waals surface area contributed by atoms with Gasteiger partial charge in [-0.2, -0.15) is 0 Å². The summed E-state index contributed by atoms with van der Waals surface area (Å²) in [5, 5.41) is 21.9. The molecule has 35 heavy (non-hydrogen) atoms. The second-order valence-electron chi connectivity index (χ2n) is 11.8. The van der Waals surface area contributed by atoms with Gasteiger partial charge in [0.1, 0.15) is 0 Å². The quantitative estimate of drug-likeness (QED) is 0.418. The Morgan fingerprint density at radius 1 is 0.943 bits per heavy atom. The highest BCUT2D eigenvalue weighted by atomic mass is 32.1. The van der Waals surface area contributed by atoms with Gasteiger partial charge in [0.25, 0.3) is 0 Å². The van der Waals surface area contributed by atoms with Gasteiger partial charge in [0.15, 0.2) is 5.13 Å². The van der Waals surface area contributed by atoms with Gasteiger partial charge >= 0.3 is 0 Å². The predicted molar refractivity (Wildman–Crippen MR) is 148 cm³/mol. The molecule has 1 fully saturated rings. The molecule has 194 valence electrons. The first kappa shape index (κ1) is 26.6. The number of hydrogen-bond donors (Lipinski definition) is 2. The highest BCUT2D eigenvalue weighted by Crippen LogP contribution is 2.47. The first-order valence-corrected chi connectivity index (χ1v) is 14.4. The molecular formula is C29H45N3O2S. The molecule has 6 heteroatoms. The van der Waals surface area contributed by atoms with Crippen LogP contribution >= 0.6 is 11.3 Å². The normalized spacial score (nSPS) is 19.8. The minimum Gasteiger partial charge on any atom is -0.396 e. The van der Waals surface area contributed by atoms with Crippen LogP contribution in [0.5, 0.6) is 0 Å². The zero-order chi connectivity index (χ0) is 25.1. The summed E-state index contributed by atoms with van der Waals surface area (Å²) in [4.78, 5) is 9.98. The van der Waals surface area contributed by atoms with Crippen molar-refractivity contribution < 1.29 is 10.2 Å². The third-order valence-electron chi connectivity index (χ3n) is 8.38. The molecule has 2 aliphatic rings. The summed E-state index contributed by atoms with van der Waals surface area (Å²) in [5.74, 6) is 0. The zero-order valence-electron chi connectivity index (χ0n) is 22.2. The van der Waals surface area contributed by atoms with Crippen LogP contribution in [0.4, 0.5) is 5.13 Å². The summed E-state index contributed by atoms with van der Waals surface area (Å²) in [5.41, 5.74) is 5.77. The minimum absolute atomic E-state index is 0.208. The van der Waals surface area contributed by atoms with Crippen molar-refractivity contribution in [3.8, 4) is 11.3 Å². The van der Waals surface area contributed by atoms with Crippen molar-refractivity contribution in [2.45, 2.75) is 89.5 Å². The topological polar surface area (TPSA) is 59.8 Å². The third-order valence-corrected chi connectivity index (χ3v) is 9.28. The molecule has 2 heterocycles. The molecule has 5 nitrogen and oxygen atoms in total. The van der Waals surface area contributed by atoms with E-state index in [1.54, 1.807) is 11.3 Å². The van der Waals surface area contributed by atoms with Crippen molar-refractivity contribution in [2.24, 2.45) is 0 Å². The largest absolute Gasteiger partial charge is 0.396 e. The van der Waals surface area contributed by atoms with E-state index >= 15 is 0 Å². The molecular weight excluding hydrogens is 454 g/mol. The number of unbranched alkanes of at least 4 members (excludes halogenated alkanes) is 2. The number of thiazole rings is 1. The van der Waals surface area contributed by atoms with Crippen LogP contribution in [0.1, 0.15) is 83.8 Å². The Bertz CT molecular complexity index is 963. The fourth-order valence-corrected chi connectivity index (χ4v) is 6.81. The fraction of sp³-hybridized carbons (Fsp3) is 0.690. The number of aliphatic hydroxyl groups excluding tert-OH is 2. The Balaban J connectivity index is 1.41. The zero-order valence-corrected chi connectivity index (χ0v) is 23.0. The third kappa shape index (κ3) is 6.10. The number of aliphatic hydroxyl groups is 2. The number of nitrogens with zero attached hydrogens (tertiary/aromatic N) is 3. The summed E-state index contributed by atoms with van der Waals surface area (Å²) < 4.78 is 0. The highest BCUT2D eigenvalue weighted by Gasteiger charge is 2.37. The molecule has 1 saturated heterocycles. The monoisotopic (exact) mass is 499 g/mol. The van der Waals surface area contributed by atoms with E-state index in [0.29, 0.717) is 6.04 Å². The van der Waals surface area contributed by atoms with Crippen LogP contribution in [0.3, 0.4) is 0 Å². The van der Waals surface area contributed by atoms with Gasteiger partial charge in [-0.15, -0.1) is 11.3 Å². The van der Waals surface area contributed by atoms with Gasteiger partial charge in [0.2, 0.25) is 0 Å². The lowest BCUT2D eigenvalue weighted by Gasteiger charge is -2.42. The Hall–Kier alpha value is -1.47. The molecule has 2 N–H and O–H groups in total. The molecule has 1 aromatic heterocycles. The molecule has 1 aliphatic heterocycles. The molecule has 0 atom stereocenters. The van der Waals surface area contributed by atoms with Crippen LogP contribution in [0.25, 0.3) is 11.3 Å². The average Bonchev–Trinajstić information content (AvgIpc) is 3.34.